The van der Waals surface area contributed by atoms with Gasteiger partial charge in [0, 0.05) is 32.2 Å². The van der Waals surface area contributed by atoms with Gasteiger partial charge in [-0.25, -0.2) is 27.5 Å². The first-order valence-electron chi connectivity index (χ1n) is 9.07. The molecule has 1 aliphatic rings. The van der Waals surface area contributed by atoms with Crippen LogP contribution >= 0.6 is 0 Å². The SMILES string of the molecule is COc1ccc(F)cc1S(=O)(=O)NCCNc1cc(N2CCCC2)nc(C)n1. The predicted molar refractivity (Wildman–Crippen MR) is 105 cm³/mol. The molecule has 0 bridgehead atoms. The smallest absolute Gasteiger partial charge is 0.244 e. The molecule has 0 spiro atoms. The normalized spacial score (nSPS) is 14.3. The van der Waals surface area contributed by atoms with Crippen molar-refractivity contribution in [3.63, 3.8) is 0 Å². The molecule has 1 aromatic carbocycles. The molecule has 1 saturated heterocycles. The number of methoxy groups -OCH3 is 1. The number of ether oxygens (including phenoxy) is 1. The lowest BCUT2D eigenvalue weighted by molar-refractivity contribution is 0.400. The average molecular weight is 409 g/mol. The minimum atomic E-state index is -3.91. The second kappa shape index (κ2) is 8.70. The van der Waals surface area contributed by atoms with Crippen LogP contribution < -0.4 is 19.7 Å². The number of halogens is 1. The topological polar surface area (TPSA) is 96.5 Å². The van der Waals surface area contributed by atoms with E-state index >= 15 is 0 Å². The molecule has 2 aromatic rings. The second-order valence-electron chi connectivity index (χ2n) is 6.47. The van der Waals surface area contributed by atoms with Gasteiger partial charge in [0.1, 0.15) is 33.9 Å². The van der Waals surface area contributed by atoms with Crippen LogP contribution in [0.3, 0.4) is 0 Å². The Balaban J connectivity index is 1.60. The maximum atomic E-state index is 13.4. The lowest BCUT2D eigenvalue weighted by Crippen LogP contribution is -2.29. The van der Waals surface area contributed by atoms with Gasteiger partial charge in [0.25, 0.3) is 0 Å². The van der Waals surface area contributed by atoms with Crippen LogP contribution in [0.2, 0.25) is 0 Å². The third-order valence-electron chi connectivity index (χ3n) is 4.39. The summed E-state index contributed by atoms with van der Waals surface area (Å²) in [7, 11) is -2.57. The fourth-order valence-corrected chi connectivity index (χ4v) is 4.28. The van der Waals surface area contributed by atoms with Crippen LogP contribution in [0.1, 0.15) is 18.7 Å². The lowest BCUT2D eigenvalue weighted by Gasteiger charge is -2.18. The second-order valence-corrected chi connectivity index (χ2v) is 8.21. The monoisotopic (exact) mass is 409 g/mol. The highest BCUT2D eigenvalue weighted by Crippen LogP contribution is 2.24. The van der Waals surface area contributed by atoms with E-state index in [0.29, 0.717) is 18.2 Å². The fraction of sp³-hybridized carbons (Fsp3) is 0.444. The molecule has 3 rings (SSSR count). The van der Waals surface area contributed by atoms with Crippen molar-refractivity contribution in [2.75, 3.05) is 43.5 Å². The van der Waals surface area contributed by atoms with Crippen molar-refractivity contribution in [2.24, 2.45) is 0 Å². The molecular weight excluding hydrogens is 385 g/mol. The molecule has 0 unspecified atom stereocenters. The summed E-state index contributed by atoms with van der Waals surface area (Å²) < 4.78 is 45.8. The Morgan fingerprint density at radius 1 is 1.18 bits per heavy atom. The van der Waals surface area contributed by atoms with E-state index < -0.39 is 15.8 Å². The summed E-state index contributed by atoms with van der Waals surface area (Å²) in [5, 5.41) is 3.10. The maximum Gasteiger partial charge on any atom is 0.244 e. The first kappa shape index (κ1) is 20.3. The molecule has 1 aromatic heterocycles. The van der Waals surface area contributed by atoms with Gasteiger partial charge in [0.05, 0.1) is 7.11 Å². The highest BCUT2D eigenvalue weighted by atomic mass is 32.2. The van der Waals surface area contributed by atoms with E-state index in [1.807, 2.05) is 13.0 Å². The van der Waals surface area contributed by atoms with Crippen molar-refractivity contribution in [1.29, 1.82) is 0 Å². The first-order valence-corrected chi connectivity index (χ1v) is 10.5. The van der Waals surface area contributed by atoms with Crippen molar-refractivity contribution in [1.82, 2.24) is 14.7 Å². The third-order valence-corrected chi connectivity index (χ3v) is 5.88. The van der Waals surface area contributed by atoms with Crippen LogP contribution in [-0.2, 0) is 10.0 Å². The Hall–Kier alpha value is -2.46. The van der Waals surface area contributed by atoms with Gasteiger partial charge >= 0.3 is 0 Å². The van der Waals surface area contributed by atoms with E-state index in [1.54, 1.807) is 0 Å². The quantitative estimate of drug-likeness (QED) is 0.643. The molecular formula is C18H24FN5O3S. The van der Waals surface area contributed by atoms with Crippen molar-refractivity contribution in [2.45, 2.75) is 24.7 Å². The highest BCUT2D eigenvalue weighted by molar-refractivity contribution is 7.89. The van der Waals surface area contributed by atoms with Crippen molar-refractivity contribution in [3.05, 3.63) is 35.9 Å². The van der Waals surface area contributed by atoms with E-state index in [-0.39, 0.29) is 17.2 Å². The fourth-order valence-electron chi connectivity index (χ4n) is 3.06. The first-order chi connectivity index (χ1) is 13.4. The Kier molecular flexibility index (Phi) is 6.30. The van der Waals surface area contributed by atoms with Crippen LogP contribution in [0, 0.1) is 12.7 Å². The van der Waals surface area contributed by atoms with Gasteiger partial charge in [0.15, 0.2) is 0 Å². The molecule has 0 aliphatic carbocycles. The number of aryl methyl sites for hydroxylation is 1. The number of sulfonamides is 1. The van der Waals surface area contributed by atoms with Crippen LogP contribution in [0.15, 0.2) is 29.2 Å². The molecule has 152 valence electrons. The van der Waals surface area contributed by atoms with Gasteiger partial charge in [-0.3, -0.25) is 0 Å². The van der Waals surface area contributed by atoms with Gasteiger partial charge in [-0.2, -0.15) is 0 Å². The summed E-state index contributed by atoms with van der Waals surface area (Å²) in [6.07, 6.45) is 2.30. The van der Waals surface area contributed by atoms with Crippen LogP contribution in [-0.4, -0.2) is 51.7 Å². The summed E-state index contributed by atoms with van der Waals surface area (Å²) in [6.45, 7) is 4.19. The molecule has 1 fully saturated rings. The van der Waals surface area contributed by atoms with Crippen molar-refractivity contribution >= 4 is 21.7 Å². The number of rotatable bonds is 8. The van der Waals surface area contributed by atoms with Crippen molar-refractivity contribution in [3.8, 4) is 5.75 Å². The summed E-state index contributed by atoms with van der Waals surface area (Å²) in [4.78, 5) is 10.8. The molecule has 0 atom stereocenters. The van der Waals surface area contributed by atoms with E-state index in [1.165, 1.54) is 13.2 Å². The van der Waals surface area contributed by atoms with E-state index in [2.05, 4.69) is 24.9 Å². The number of hydrogen-bond acceptors (Lipinski definition) is 7. The third kappa shape index (κ3) is 4.87. The largest absolute Gasteiger partial charge is 0.495 e. The summed E-state index contributed by atoms with van der Waals surface area (Å²) in [5.74, 6) is 1.60. The number of aromatic nitrogens is 2. The molecule has 0 saturated carbocycles. The zero-order valence-electron chi connectivity index (χ0n) is 15.9. The zero-order valence-corrected chi connectivity index (χ0v) is 16.7. The molecule has 0 radical (unpaired) electrons. The van der Waals surface area contributed by atoms with Crippen LogP contribution in [0.25, 0.3) is 0 Å². The van der Waals surface area contributed by atoms with Crippen LogP contribution in [0.4, 0.5) is 16.0 Å². The molecule has 1 aliphatic heterocycles. The molecule has 10 heteroatoms. The number of nitrogens with zero attached hydrogens (tertiary/aromatic N) is 3. The van der Waals surface area contributed by atoms with E-state index in [9.17, 15) is 12.8 Å². The lowest BCUT2D eigenvalue weighted by atomic mass is 10.3. The summed E-state index contributed by atoms with van der Waals surface area (Å²) >= 11 is 0. The minimum Gasteiger partial charge on any atom is -0.495 e. The minimum absolute atomic E-state index is 0.0866. The van der Waals surface area contributed by atoms with E-state index in [4.69, 9.17) is 4.74 Å². The standard InChI is InChI=1S/C18H24FN5O3S/c1-13-22-17(12-18(23-13)24-9-3-4-10-24)20-7-8-21-28(25,26)16-11-14(19)5-6-15(16)27-2/h5-6,11-12,21H,3-4,7-10H2,1-2H3,(H,20,22,23). The predicted octanol–water partition coefficient (Wildman–Crippen LogP) is 1.92. The summed E-state index contributed by atoms with van der Waals surface area (Å²) in [5.41, 5.74) is 0. The Morgan fingerprint density at radius 2 is 1.93 bits per heavy atom. The number of nitrogens with one attached hydrogen (secondary N) is 2. The molecule has 28 heavy (non-hydrogen) atoms. The van der Waals surface area contributed by atoms with Gasteiger partial charge in [0.2, 0.25) is 10.0 Å². The van der Waals surface area contributed by atoms with Gasteiger partial charge in [-0.05, 0) is 38.0 Å². The van der Waals surface area contributed by atoms with Crippen molar-refractivity contribution < 1.29 is 17.5 Å². The number of anilines is 2. The maximum absolute atomic E-state index is 13.4. The van der Waals surface area contributed by atoms with Gasteiger partial charge in [-0.1, -0.05) is 0 Å². The molecule has 8 nitrogen and oxygen atoms in total. The van der Waals surface area contributed by atoms with Gasteiger partial charge < -0.3 is 15.0 Å². The zero-order chi connectivity index (χ0) is 20.1. The Morgan fingerprint density at radius 3 is 2.64 bits per heavy atom. The molecule has 2 N–H and O–H groups in total. The summed E-state index contributed by atoms with van der Waals surface area (Å²) in [6, 6.07) is 5.23. The Bertz CT molecular complexity index is 933. The molecule has 0 amide bonds. The van der Waals surface area contributed by atoms with Crippen LogP contribution in [0.5, 0.6) is 5.75 Å². The Labute approximate surface area is 164 Å². The number of benzene rings is 1. The van der Waals surface area contributed by atoms with Gasteiger partial charge in [-0.15, -0.1) is 0 Å². The van der Waals surface area contributed by atoms with E-state index in [0.717, 1.165) is 43.9 Å². The number of hydrogen-bond donors (Lipinski definition) is 2. The average Bonchev–Trinajstić information content (AvgIpc) is 3.20. The highest BCUT2D eigenvalue weighted by Gasteiger charge is 2.20. The molecule has 2 heterocycles.